The molecule has 3 aromatic rings. The molecule has 8 nitrogen and oxygen atoms in total. The van der Waals surface area contributed by atoms with Crippen LogP contribution in [0.4, 0.5) is 0 Å². The Morgan fingerprint density at radius 3 is 2.42 bits per heavy atom. The van der Waals surface area contributed by atoms with Crippen molar-refractivity contribution in [3.05, 3.63) is 93.0 Å². The Labute approximate surface area is 205 Å². The number of aryl methyl sites for hydroxylation is 1. The van der Waals surface area contributed by atoms with Gasteiger partial charge in [0.2, 0.25) is 0 Å². The van der Waals surface area contributed by atoms with Gasteiger partial charge in [0.15, 0.2) is 5.79 Å². The minimum absolute atomic E-state index is 0.0319. The maximum Gasteiger partial charge on any atom is 0.291 e. The maximum atomic E-state index is 8.36. The molecule has 1 fully saturated rings. The highest BCUT2D eigenvalue weighted by Crippen LogP contribution is 2.33. The van der Waals surface area contributed by atoms with E-state index >= 15 is 0 Å². The first kappa shape index (κ1) is 25.3. The van der Waals surface area contributed by atoms with E-state index in [-0.39, 0.29) is 6.10 Å². The Hall–Kier alpha value is -2.30. The second kappa shape index (κ2) is 12.2. The zero-order chi connectivity index (χ0) is 23.7. The van der Waals surface area contributed by atoms with Gasteiger partial charge in [-0.1, -0.05) is 35.3 Å². The fourth-order valence-corrected chi connectivity index (χ4v) is 4.48. The van der Waals surface area contributed by atoms with Gasteiger partial charge in [0.25, 0.3) is 5.09 Å². The van der Waals surface area contributed by atoms with Crippen molar-refractivity contribution in [1.29, 1.82) is 0 Å². The first-order valence-electron chi connectivity index (χ1n) is 10.1. The minimum atomic E-state index is -1.50. The molecule has 0 saturated carbocycles. The average Bonchev–Trinajstić information content (AvgIpc) is 3.43. The van der Waals surface area contributed by atoms with Crippen molar-refractivity contribution in [1.82, 2.24) is 9.55 Å². The van der Waals surface area contributed by atoms with Crippen LogP contribution < -0.4 is 0 Å². The second-order valence-electron chi connectivity index (χ2n) is 7.33. The van der Waals surface area contributed by atoms with E-state index in [0.29, 0.717) is 13.2 Å². The van der Waals surface area contributed by atoms with Gasteiger partial charge in [-0.05, 0) is 48.4 Å². The third-order valence-electron chi connectivity index (χ3n) is 4.85. The number of aromatic nitrogens is 2. The Morgan fingerprint density at radius 2 is 1.82 bits per heavy atom. The Morgan fingerprint density at radius 1 is 1.18 bits per heavy atom. The number of imidazole rings is 1. The molecule has 2 atom stereocenters. The van der Waals surface area contributed by atoms with E-state index in [9.17, 15) is 0 Å². The summed E-state index contributed by atoms with van der Waals surface area (Å²) in [4.78, 5) is 13.7. The summed E-state index contributed by atoms with van der Waals surface area (Å²) in [5.41, 5.74) is 1.21. The molecule has 1 aliphatic heterocycles. The molecule has 2 aromatic carbocycles. The lowest BCUT2D eigenvalue weighted by Crippen LogP contribution is -2.37. The summed E-state index contributed by atoms with van der Waals surface area (Å²) >= 11 is 13.7. The Bertz CT molecular complexity index is 1000. The summed E-state index contributed by atoms with van der Waals surface area (Å²) in [6.07, 6.45) is 7.15. The zero-order valence-corrected chi connectivity index (χ0v) is 19.9. The fourth-order valence-electron chi connectivity index (χ4n) is 3.36. The molecular formula is C22H23Cl2N3O5S. The van der Waals surface area contributed by atoms with Crippen LogP contribution in [0, 0.1) is 10.1 Å². The molecule has 1 N–H and O–H groups in total. The predicted octanol–water partition coefficient (Wildman–Crippen LogP) is 5.38. The number of halogens is 2. The van der Waals surface area contributed by atoms with Gasteiger partial charge >= 0.3 is 0 Å². The highest BCUT2D eigenvalue weighted by molar-refractivity contribution is 7.99. The first-order chi connectivity index (χ1) is 15.8. The van der Waals surface area contributed by atoms with Crippen molar-refractivity contribution >= 4 is 35.0 Å². The lowest BCUT2D eigenvalue weighted by Gasteiger charge is -2.28. The number of thioether (sulfide) groups is 1. The normalized spacial score (nSPS) is 19.6. The highest BCUT2D eigenvalue weighted by Gasteiger charge is 2.41. The summed E-state index contributed by atoms with van der Waals surface area (Å²) < 4.78 is 14.7. The molecule has 0 unspecified atom stereocenters. The minimum Gasteiger partial charge on any atom is -0.345 e. The Balaban J connectivity index is 0.000000709. The molecule has 0 spiro atoms. The third-order valence-corrected chi connectivity index (χ3v) is 6.50. The van der Waals surface area contributed by atoms with Crippen molar-refractivity contribution < 1.29 is 19.8 Å². The van der Waals surface area contributed by atoms with Crippen molar-refractivity contribution in [3.8, 4) is 0 Å². The van der Waals surface area contributed by atoms with Crippen molar-refractivity contribution in [2.24, 2.45) is 0 Å². The van der Waals surface area contributed by atoms with E-state index in [1.54, 1.807) is 24.3 Å². The molecule has 0 amide bonds. The standard InChI is InChI=1S/C22H22Cl2N2O2S.HNO3/c23-18-3-1-17(2-4-18)9-10-22(15-26-12-11-25-16-26)27-13-20(28-22)14-29-21-7-5-19(24)6-8-21;2-1(3)4/h1-8,11-12,16,20H,9-10,13-15H2;(H,2,3,4)/t20-,22-;/m0./s1. The van der Waals surface area contributed by atoms with Gasteiger partial charge in [-0.15, -0.1) is 21.9 Å². The molecular weight excluding hydrogens is 489 g/mol. The number of hydrogen-bond acceptors (Lipinski definition) is 6. The van der Waals surface area contributed by atoms with E-state index in [1.807, 2.05) is 47.2 Å². The van der Waals surface area contributed by atoms with Crippen molar-refractivity contribution in [2.45, 2.75) is 36.2 Å². The van der Waals surface area contributed by atoms with Crippen LogP contribution in [0.25, 0.3) is 0 Å². The van der Waals surface area contributed by atoms with Crippen LogP contribution in [0.3, 0.4) is 0 Å². The van der Waals surface area contributed by atoms with Crippen molar-refractivity contribution in [3.63, 3.8) is 0 Å². The molecule has 33 heavy (non-hydrogen) atoms. The summed E-state index contributed by atoms with van der Waals surface area (Å²) in [6, 6.07) is 15.8. The SMILES string of the molecule is Clc1ccc(CC[C@]2(Cn3ccnc3)OC[C@@H](CSc3ccc(Cl)cc3)O2)cc1.O=[N+]([O-])O. The predicted molar refractivity (Wildman–Crippen MR) is 127 cm³/mol. The third kappa shape index (κ3) is 8.53. The molecule has 1 aromatic heterocycles. The molecule has 0 bridgehead atoms. The van der Waals surface area contributed by atoms with E-state index in [0.717, 1.165) is 28.6 Å². The van der Waals surface area contributed by atoms with E-state index in [1.165, 1.54) is 10.5 Å². The molecule has 1 aliphatic rings. The monoisotopic (exact) mass is 511 g/mol. The van der Waals surface area contributed by atoms with Gasteiger partial charge in [-0.2, -0.15) is 0 Å². The molecule has 0 radical (unpaired) electrons. The second-order valence-corrected chi connectivity index (χ2v) is 9.29. The summed E-state index contributed by atoms with van der Waals surface area (Å²) in [5.74, 6) is 0.166. The van der Waals surface area contributed by atoms with Crippen LogP contribution in [-0.4, -0.2) is 44.1 Å². The first-order valence-corrected chi connectivity index (χ1v) is 11.8. The van der Waals surface area contributed by atoms with Crippen LogP contribution in [-0.2, 0) is 22.4 Å². The molecule has 4 rings (SSSR count). The molecule has 1 saturated heterocycles. The topological polar surface area (TPSA) is 99.7 Å². The lowest BCUT2D eigenvalue weighted by molar-refractivity contribution is -0.742. The van der Waals surface area contributed by atoms with Crippen LogP contribution in [0.2, 0.25) is 10.0 Å². The number of rotatable bonds is 8. The largest absolute Gasteiger partial charge is 0.345 e. The van der Waals surface area contributed by atoms with Crippen LogP contribution in [0.15, 0.2) is 72.1 Å². The quantitative estimate of drug-likeness (QED) is 0.246. The van der Waals surface area contributed by atoms with Crippen LogP contribution in [0.1, 0.15) is 12.0 Å². The number of hydrogen-bond donors (Lipinski definition) is 1. The zero-order valence-electron chi connectivity index (χ0n) is 17.5. The average molecular weight is 512 g/mol. The number of ether oxygens (including phenoxy) is 2. The van der Waals surface area contributed by atoms with E-state index in [2.05, 4.69) is 17.1 Å². The molecule has 2 heterocycles. The van der Waals surface area contributed by atoms with Gasteiger partial charge in [0, 0.05) is 39.5 Å². The van der Waals surface area contributed by atoms with E-state index in [4.69, 9.17) is 48.0 Å². The summed E-state index contributed by atoms with van der Waals surface area (Å²) in [5, 5.41) is 15.1. The lowest BCUT2D eigenvalue weighted by atomic mass is 10.0. The summed E-state index contributed by atoms with van der Waals surface area (Å²) in [6.45, 7) is 1.19. The van der Waals surface area contributed by atoms with Gasteiger partial charge in [-0.25, -0.2) is 4.98 Å². The van der Waals surface area contributed by atoms with E-state index < -0.39 is 10.9 Å². The number of nitrogens with zero attached hydrogens (tertiary/aromatic N) is 3. The van der Waals surface area contributed by atoms with Gasteiger partial charge in [0.1, 0.15) is 0 Å². The molecule has 11 heteroatoms. The van der Waals surface area contributed by atoms with Gasteiger partial charge in [0.05, 0.1) is 25.6 Å². The maximum absolute atomic E-state index is 8.36. The molecule has 0 aliphatic carbocycles. The van der Waals surface area contributed by atoms with Crippen molar-refractivity contribution in [2.75, 3.05) is 12.4 Å². The fraction of sp³-hybridized carbons (Fsp3) is 0.318. The number of benzene rings is 2. The summed E-state index contributed by atoms with van der Waals surface area (Å²) in [7, 11) is 0. The van der Waals surface area contributed by atoms with Gasteiger partial charge < -0.3 is 19.2 Å². The smallest absolute Gasteiger partial charge is 0.291 e. The van der Waals surface area contributed by atoms with Crippen LogP contribution >= 0.6 is 35.0 Å². The van der Waals surface area contributed by atoms with Crippen LogP contribution in [0.5, 0.6) is 0 Å². The molecule has 176 valence electrons. The highest BCUT2D eigenvalue weighted by atomic mass is 35.5. The van der Waals surface area contributed by atoms with Gasteiger partial charge in [-0.3, -0.25) is 0 Å². The Kier molecular flexibility index (Phi) is 9.40.